The average molecular weight is 89.7 g/mol. The van der Waals surface area contributed by atoms with Crippen LogP contribution in [0.3, 0.4) is 0 Å². The minimum absolute atomic E-state index is 0.417. The molecule has 0 aliphatic carbocycles. The van der Waals surface area contributed by atoms with Crippen LogP contribution < -0.4 is 0 Å². The summed E-state index contributed by atoms with van der Waals surface area (Å²) in [6, 6.07) is 0. The highest BCUT2D eigenvalue weighted by molar-refractivity contribution is 6.31. The maximum atomic E-state index is 5.45. The van der Waals surface area contributed by atoms with Gasteiger partial charge in [0.05, 0.1) is 7.85 Å². The van der Waals surface area contributed by atoms with E-state index in [9.17, 15) is 0 Å². The van der Waals surface area contributed by atoms with E-state index in [4.69, 9.17) is 15.7 Å². The van der Waals surface area contributed by atoms with E-state index in [0.29, 0.717) is 5.47 Å². The molecule has 0 atom stereocenters. The molecule has 0 nitrogen and oxygen atoms in total. The highest BCUT2D eigenvalue weighted by Crippen LogP contribution is 2.24. The van der Waals surface area contributed by atoms with E-state index in [1.165, 1.54) is 0 Å². The van der Waals surface area contributed by atoms with Crippen LogP contribution in [0.25, 0.3) is 0 Å². The fourth-order valence-electron chi connectivity index (χ4n) is 0. The van der Waals surface area contributed by atoms with Crippen LogP contribution in [-0.4, -0.2) is 15.7 Å². The normalized spacial score (nSPS) is 11.1. The van der Waals surface area contributed by atoms with Gasteiger partial charge in [0.2, 0.25) is 0 Å². The molecule has 0 aliphatic heterocycles. The van der Waals surface area contributed by atoms with E-state index >= 15 is 0 Å². The summed E-state index contributed by atoms with van der Waals surface area (Å²) in [6.07, 6.45) is 0. The van der Waals surface area contributed by atoms with Crippen molar-refractivity contribution in [2.45, 2.75) is 19.2 Å². The first-order valence-corrected chi connectivity index (χ1v) is 2.18. The maximum Gasteiger partial charge on any atom is 0.106 e. The second kappa shape index (κ2) is 1.77. The van der Waals surface area contributed by atoms with Crippen LogP contribution in [0.1, 0.15) is 13.8 Å². The Morgan fingerprint density at radius 1 is 1.57 bits per heavy atom. The van der Waals surface area contributed by atoms with Gasteiger partial charge in [0, 0.05) is 0 Å². The molecule has 0 aliphatic rings. The quantitative estimate of drug-likeness (QED) is 0.421. The zero-order valence-electron chi connectivity index (χ0n) is 4.86. The Morgan fingerprint density at radius 3 is 1.71 bits per heavy atom. The second-order valence-corrected chi connectivity index (χ2v) is 2.25. The van der Waals surface area contributed by atoms with Gasteiger partial charge in [0.15, 0.2) is 0 Å². The number of hydrogen-bond donors (Lipinski definition) is 0. The summed E-state index contributed by atoms with van der Waals surface area (Å²) in [6.45, 7) is 7.11. The summed E-state index contributed by atoms with van der Waals surface area (Å²) in [5, 5.41) is -0.417. The summed E-state index contributed by atoms with van der Waals surface area (Å²) in [7, 11) is 10.7. The molecule has 4 radical (unpaired) electrons. The molecule has 0 saturated heterocycles. The van der Waals surface area contributed by atoms with E-state index in [2.05, 4.69) is 6.58 Å². The van der Waals surface area contributed by atoms with Crippen LogP contribution in [0, 0.1) is 0 Å². The van der Waals surface area contributed by atoms with E-state index in [0.717, 1.165) is 0 Å². The maximum absolute atomic E-state index is 5.45. The largest absolute Gasteiger partial charge is 0.128 e. The van der Waals surface area contributed by atoms with Crippen LogP contribution >= 0.6 is 0 Å². The van der Waals surface area contributed by atoms with Gasteiger partial charge in [-0.15, -0.1) is 12.1 Å². The molecule has 0 spiro atoms. The third-order valence-corrected chi connectivity index (χ3v) is 0.828. The van der Waals surface area contributed by atoms with Crippen molar-refractivity contribution in [3.63, 3.8) is 0 Å². The van der Waals surface area contributed by atoms with E-state index in [1.54, 1.807) is 0 Å². The van der Waals surface area contributed by atoms with Crippen LogP contribution in [0.5, 0.6) is 0 Å². The summed E-state index contributed by atoms with van der Waals surface area (Å²) in [5.41, 5.74) is 0.521. The molecular weight excluding hydrogens is 81.7 g/mol. The summed E-state index contributed by atoms with van der Waals surface area (Å²) < 4.78 is 0. The summed E-state index contributed by atoms with van der Waals surface area (Å²) in [4.78, 5) is 0. The van der Waals surface area contributed by atoms with Crippen molar-refractivity contribution in [2.75, 3.05) is 0 Å². The Labute approximate surface area is 47.8 Å². The van der Waals surface area contributed by atoms with Gasteiger partial charge in [-0.3, -0.25) is 0 Å². The SMILES string of the molecule is [B]C(=C)C([B])(C)C. The molecule has 0 amide bonds. The molecule has 0 saturated carbocycles. The van der Waals surface area contributed by atoms with Crippen LogP contribution in [0.2, 0.25) is 5.31 Å². The molecule has 0 aromatic carbocycles. The van der Waals surface area contributed by atoms with Crippen molar-refractivity contribution in [3.05, 3.63) is 12.1 Å². The van der Waals surface area contributed by atoms with Crippen molar-refractivity contribution in [3.8, 4) is 0 Å². The Kier molecular flexibility index (Phi) is 1.74. The molecular formula is C5H8B2. The predicted octanol–water partition coefficient (Wildman–Crippen LogP) is 1.04. The average Bonchev–Trinajstić information content (AvgIpc) is 1.31. The van der Waals surface area contributed by atoms with Crippen molar-refractivity contribution in [1.29, 1.82) is 0 Å². The third-order valence-electron chi connectivity index (χ3n) is 0.828. The molecule has 7 heavy (non-hydrogen) atoms. The van der Waals surface area contributed by atoms with Gasteiger partial charge in [-0.25, -0.2) is 0 Å². The zero-order chi connectivity index (χ0) is 6.08. The smallest absolute Gasteiger partial charge is 0.106 e. The highest BCUT2D eigenvalue weighted by Gasteiger charge is 2.07. The molecule has 34 valence electrons. The lowest BCUT2D eigenvalue weighted by Crippen LogP contribution is -2.04. The van der Waals surface area contributed by atoms with Crippen molar-refractivity contribution < 1.29 is 0 Å². The van der Waals surface area contributed by atoms with Gasteiger partial charge in [-0.1, -0.05) is 19.2 Å². The molecule has 0 fully saturated rings. The lowest BCUT2D eigenvalue weighted by Gasteiger charge is -2.18. The minimum atomic E-state index is -0.417. The third kappa shape index (κ3) is 2.55. The monoisotopic (exact) mass is 90.1 g/mol. The van der Waals surface area contributed by atoms with Crippen molar-refractivity contribution >= 4 is 15.7 Å². The summed E-state index contributed by atoms with van der Waals surface area (Å²) in [5.74, 6) is 0. The fraction of sp³-hybridized carbons (Fsp3) is 0.600. The van der Waals surface area contributed by atoms with Crippen molar-refractivity contribution in [2.24, 2.45) is 0 Å². The predicted molar refractivity (Wildman–Crippen MR) is 34.7 cm³/mol. The molecule has 0 heterocycles. The van der Waals surface area contributed by atoms with Gasteiger partial charge in [-0.2, -0.15) is 0 Å². The summed E-state index contributed by atoms with van der Waals surface area (Å²) >= 11 is 0. The van der Waals surface area contributed by atoms with Crippen LogP contribution in [-0.2, 0) is 0 Å². The molecule has 0 aromatic rings. The number of hydrogen-bond acceptors (Lipinski definition) is 0. The molecule has 0 N–H and O–H groups in total. The first-order chi connectivity index (χ1) is 2.94. The van der Waals surface area contributed by atoms with Gasteiger partial charge in [0.1, 0.15) is 7.85 Å². The van der Waals surface area contributed by atoms with Gasteiger partial charge in [-0.05, 0) is 0 Å². The van der Waals surface area contributed by atoms with Gasteiger partial charge < -0.3 is 0 Å². The number of rotatable bonds is 1. The molecule has 2 heteroatoms. The molecule has 0 bridgehead atoms. The van der Waals surface area contributed by atoms with Crippen LogP contribution in [0.15, 0.2) is 12.1 Å². The Balaban J connectivity index is 3.79. The Morgan fingerprint density at radius 2 is 1.71 bits per heavy atom. The molecule has 0 aromatic heterocycles. The number of allylic oxidation sites excluding steroid dienone is 1. The first-order valence-electron chi connectivity index (χ1n) is 2.18. The Hall–Kier alpha value is -0.130. The topological polar surface area (TPSA) is 0 Å². The van der Waals surface area contributed by atoms with Gasteiger partial charge in [0.25, 0.3) is 0 Å². The van der Waals surface area contributed by atoms with E-state index < -0.39 is 5.31 Å². The molecule has 0 rings (SSSR count). The van der Waals surface area contributed by atoms with Gasteiger partial charge >= 0.3 is 0 Å². The fourth-order valence-corrected chi connectivity index (χ4v) is 0. The lowest BCUT2D eigenvalue weighted by atomic mass is 9.61. The lowest BCUT2D eigenvalue weighted by molar-refractivity contribution is 0.846. The van der Waals surface area contributed by atoms with E-state index in [1.807, 2.05) is 13.8 Å². The standard InChI is InChI=1S/C5H8B2/c1-4(6)5(2,3)7/h1H2,2-3H3. The van der Waals surface area contributed by atoms with Crippen LogP contribution in [0.4, 0.5) is 0 Å². The Bertz CT molecular complexity index is 78.6. The minimum Gasteiger partial charge on any atom is -0.128 e. The highest BCUT2D eigenvalue weighted by atomic mass is 14.0. The van der Waals surface area contributed by atoms with E-state index in [-0.39, 0.29) is 0 Å². The second-order valence-electron chi connectivity index (χ2n) is 2.25. The molecule has 0 unspecified atom stereocenters. The first kappa shape index (κ1) is 6.87. The zero-order valence-corrected chi connectivity index (χ0v) is 4.86. The van der Waals surface area contributed by atoms with Crippen molar-refractivity contribution in [1.82, 2.24) is 0 Å².